The summed E-state index contributed by atoms with van der Waals surface area (Å²) in [6.07, 6.45) is 0.617. The second kappa shape index (κ2) is 4.24. The van der Waals surface area contributed by atoms with E-state index in [2.05, 4.69) is 0 Å². The van der Waals surface area contributed by atoms with Gasteiger partial charge in [0, 0.05) is 19.5 Å². The van der Waals surface area contributed by atoms with Gasteiger partial charge in [0.25, 0.3) is 10.0 Å². The molecule has 0 saturated carbocycles. The lowest BCUT2D eigenvalue weighted by molar-refractivity contribution is -0.114. The van der Waals surface area contributed by atoms with E-state index in [1.54, 1.807) is 24.3 Å². The number of nitrogens with zero attached hydrogens (tertiary/aromatic N) is 1. The van der Waals surface area contributed by atoms with Gasteiger partial charge in [-0.3, -0.25) is 9.10 Å². The van der Waals surface area contributed by atoms with Gasteiger partial charge in [-0.2, -0.15) is 0 Å². The average Bonchev–Trinajstić information content (AvgIpc) is 2.33. The van der Waals surface area contributed by atoms with Crippen molar-refractivity contribution in [3.63, 3.8) is 0 Å². The number of sulfonamides is 1. The van der Waals surface area contributed by atoms with E-state index in [-0.39, 0.29) is 16.4 Å². The molecule has 5 heteroatoms. The van der Waals surface area contributed by atoms with Crippen molar-refractivity contribution in [3.05, 3.63) is 35.5 Å². The van der Waals surface area contributed by atoms with Gasteiger partial charge in [0.15, 0.2) is 5.78 Å². The Bertz CT molecular complexity index is 644. The quantitative estimate of drug-likeness (QED) is 0.822. The van der Waals surface area contributed by atoms with Crippen LogP contribution in [0.4, 0.5) is 0 Å². The van der Waals surface area contributed by atoms with Crippen LogP contribution in [0, 0.1) is 0 Å². The summed E-state index contributed by atoms with van der Waals surface area (Å²) in [6.45, 7) is 3.31. The van der Waals surface area contributed by atoms with Crippen LogP contribution in [0.5, 0.6) is 0 Å². The van der Waals surface area contributed by atoms with Gasteiger partial charge in [0.2, 0.25) is 0 Å². The minimum absolute atomic E-state index is 0.229. The molecule has 0 aliphatic carbocycles. The molecule has 4 nitrogen and oxygen atoms in total. The van der Waals surface area contributed by atoms with Crippen LogP contribution >= 0.6 is 0 Å². The Morgan fingerprint density at radius 1 is 1.28 bits per heavy atom. The monoisotopic (exact) mass is 265 g/mol. The van der Waals surface area contributed by atoms with Crippen LogP contribution in [0.15, 0.2) is 34.9 Å². The number of Topliss-reactive ketones (excluding diaryl/α,β-unsaturated/α-hetero) is 1. The molecule has 1 aliphatic heterocycles. The molecule has 0 radical (unpaired) electrons. The van der Waals surface area contributed by atoms with Gasteiger partial charge in [0.1, 0.15) is 0 Å². The molecule has 0 N–H and O–H groups in total. The Balaban J connectivity index is 2.88. The molecular weight excluding hydrogens is 250 g/mol. The summed E-state index contributed by atoms with van der Waals surface area (Å²) in [6, 6.07) is 6.80. The predicted molar refractivity (Wildman–Crippen MR) is 69.3 cm³/mol. The van der Waals surface area contributed by atoms with Crippen molar-refractivity contribution in [1.82, 2.24) is 4.31 Å². The highest BCUT2D eigenvalue weighted by molar-refractivity contribution is 7.89. The lowest BCUT2D eigenvalue weighted by Gasteiger charge is -2.30. The van der Waals surface area contributed by atoms with E-state index >= 15 is 0 Å². The molecule has 0 atom stereocenters. The number of fused-ring (bicyclic) bond motifs is 1. The molecule has 0 aromatic heterocycles. The van der Waals surface area contributed by atoms with Crippen molar-refractivity contribution >= 4 is 21.4 Å². The summed E-state index contributed by atoms with van der Waals surface area (Å²) in [7, 11) is -2.18. The third kappa shape index (κ3) is 1.66. The number of hydrogen-bond donors (Lipinski definition) is 0. The number of allylic oxidation sites excluding steroid dienone is 2. The van der Waals surface area contributed by atoms with Gasteiger partial charge in [0.05, 0.1) is 10.6 Å². The maximum atomic E-state index is 12.3. The lowest BCUT2D eigenvalue weighted by atomic mass is 9.99. The molecule has 0 fully saturated rings. The van der Waals surface area contributed by atoms with Crippen LogP contribution in [0.2, 0.25) is 0 Å². The summed E-state index contributed by atoms with van der Waals surface area (Å²) in [5.74, 6) is -0.229. The van der Waals surface area contributed by atoms with Gasteiger partial charge in [-0.15, -0.1) is 0 Å². The normalized spacial score (nSPS) is 17.6. The van der Waals surface area contributed by atoms with Gasteiger partial charge in [-0.05, 0) is 18.1 Å². The molecule has 18 heavy (non-hydrogen) atoms. The zero-order valence-corrected chi connectivity index (χ0v) is 11.4. The van der Waals surface area contributed by atoms with Crippen LogP contribution in [0.3, 0.4) is 0 Å². The molecule has 0 bridgehead atoms. The van der Waals surface area contributed by atoms with Crippen molar-refractivity contribution in [3.8, 4) is 0 Å². The summed E-state index contributed by atoms with van der Waals surface area (Å²) in [5, 5.41) is 0. The molecule has 0 unspecified atom stereocenters. The van der Waals surface area contributed by atoms with Crippen molar-refractivity contribution in [1.29, 1.82) is 0 Å². The number of likely N-dealkylation sites (N-methyl/N-ethyl adjacent to an activating group) is 1. The second-order valence-electron chi connectivity index (χ2n) is 4.21. The first-order valence-electron chi connectivity index (χ1n) is 5.73. The Labute approximate surface area is 107 Å². The van der Waals surface area contributed by atoms with E-state index in [9.17, 15) is 13.2 Å². The van der Waals surface area contributed by atoms with Crippen molar-refractivity contribution in [2.45, 2.75) is 25.2 Å². The molecule has 0 amide bonds. The van der Waals surface area contributed by atoms with Crippen molar-refractivity contribution in [2.24, 2.45) is 0 Å². The van der Waals surface area contributed by atoms with E-state index in [0.29, 0.717) is 12.0 Å². The third-order valence-corrected chi connectivity index (χ3v) is 4.95. The summed E-state index contributed by atoms with van der Waals surface area (Å²) < 4.78 is 25.7. The number of hydrogen-bond acceptors (Lipinski definition) is 3. The molecule has 1 aliphatic rings. The zero-order chi connectivity index (χ0) is 13.5. The van der Waals surface area contributed by atoms with E-state index in [1.165, 1.54) is 14.0 Å². The first-order valence-corrected chi connectivity index (χ1v) is 7.17. The number of carbonyl (C=O) groups excluding carboxylic acids is 1. The van der Waals surface area contributed by atoms with Crippen LogP contribution in [0.25, 0.3) is 5.57 Å². The largest absolute Gasteiger partial charge is 0.293 e. The molecule has 96 valence electrons. The topological polar surface area (TPSA) is 54.5 Å². The molecule has 0 saturated heterocycles. The Morgan fingerprint density at radius 2 is 1.89 bits per heavy atom. The van der Waals surface area contributed by atoms with Crippen molar-refractivity contribution < 1.29 is 13.2 Å². The van der Waals surface area contributed by atoms with Gasteiger partial charge in [-0.1, -0.05) is 25.1 Å². The standard InChI is InChI=1S/C13H15NO3S/c1-4-10-11-7-5-6-8-12(11)18(16,17)14(3)13(10)9(2)15/h5-8H,4H2,1-3H3. The summed E-state index contributed by atoms with van der Waals surface area (Å²) in [4.78, 5) is 12.0. The molecular formula is C13H15NO3S. The highest BCUT2D eigenvalue weighted by atomic mass is 32.2. The molecule has 0 spiro atoms. The smallest absolute Gasteiger partial charge is 0.264 e. The predicted octanol–water partition coefficient (Wildman–Crippen LogP) is 2.03. The minimum atomic E-state index is -3.60. The molecule has 2 rings (SSSR count). The van der Waals surface area contributed by atoms with E-state index < -0.39 is 10.0 Å². The number of rotatable bonds is 2. The Morgan fingerprint density at radius 3 is 2.44 bits per heavy atom. The maximum Gasteiger partial charge on any atom is 0.264 e. The van der Waals surface area contributed by atoms with Gasteiger partial charge in [-0.25, -0.2) is 8.42 Å². The van der Waals surface area contributed by atoms with Crippen LogP contribution in [-0.2, 0) is 14.8 Å². The van der Waals surface area contributed by atoms with Gasteiger partial charge < -0.3 is 0 Å². The molecule has 1 aromatic rings. The fourth-order valence-electron chi connectivity index (χ4n) is 2.32. The summed E-state index contributed by atoms with van der Waals surface area (Å²) in [5.41, 5.74) is 1.70. The SMILES string of the molecule is CCC1=C(C(C)=O)N(C)S(=O)(=O)c2ccccc21. The van der Waals surface area contributed by atoms with E-state index in [0.717, 1.165) is 9.88 Å². The fraction of sp³-hybridized carbons (Fsp3) is 0.308. The van der Waals surface area contributed by atoms with Crippen LogP contribution in [-0.4, -0.2) is 25.6 Å². The first kappa shape index (κ1) is 12.8. The molecule has 1 aromatic carbocycles. The lowest BCUT2D eigenvalue weighted by Crippen LogP contribution is -2.34. The van der Waals surface area contributed by atoms with E-state index in [1.807, 2.05) is 6.92 Å². The average molecular weight is 265 g/mol. The zero-order valence-electron chi connectivity index (χ0n) is 10.6. The van der Waals surface area contributed by atoms with Crippen LogP contribution < -0.4 is 0 Å². The fourth-order valence-corrected chi connectivity index (χ4v) is 3.81. The number of carbonyl (C=O) groups is 1. The van der Waals surface area contributed by atoms with Crippen molar-refractivity contribution in [2.75, 3.05) is 7.05 Å². The van der Waals surface area contributed by atoms with Gasteiger partial charge >= 0.3 is 0 Å². The number of benzene rings is 1. The second-order valence-corrected chi connectivity index (χ2v) is 6.14. The third-order valence-electron chi connectivity index (χ3n) is 3.14. The first-order chi connectivity index (χ1) is 8.41. The number of ketones is 1. The van der Waals surface area contributed by atoms with Crippen LogP contribution in [0.1, 0.15) is 25.8 Å². The highest BCUT2D eigenvalue weighted by Crippen LogP contribution is 2.37. The Hall–Kier alpha value is -1.62. The van der Waals surface area contributed by atoms with E-state index in [4.69, 9.17) is 0 Å². The summed E-state index contributed by atoms with van der Waals surface area (Å²) >= 11 is 0. The maximum absolute atomic E-state index is 12.3. The minimum Gasteiger partial charge on any atom is -0.293 e. The molecule has 1 heterocycles. The Kier molecular flexibility index (Phi) is 3.02. The highest BCUT2D eigenvalue weighted by Gasteiger charge is 2.35.